The van der Waals surface area contributed by atoms with Gasteiger partial charge in [0, 0.05) is 24.2 Å². The molecule has 0 aliphatic rings. The summed E-state index contributed by atoms with van der Waals surface area (Å²) in [4.78, 5) is 12.1. The molecule has 15 heavy (non-hydrogen) atoms. The molecule has 0 amide bonds. The van der Waals surface area contributed by atoms with E-state index in [0.29, 0.717) is 16.6 Å². The highest BCUT2D eigenvalue weighted by Gasteiger charge is 2.06. The van der Waals surface area contributed by atoms with Gasteiger partial charge in [-0.3, -0.25) is 9.97 Å². The molecule has 0 bridgehead atoms. The average molecular weight is 222 g/mol. The van der Waals surface area contributed by atoms with Crippen LogP contribution in [-0.4, -0.2) is 22.1 Å². The molecule has 0 unspecified atom stereocenters. The van der Waals surface area contributed by atoms with E-state index in [1.54, 1.807) is 31.9 Å². The Morgan fingerprint density at radius 2 is 2.00 bits per heavy atom. The predicted molar refractivity (Wildman–Crippen MR) is 56.8 cm³/mol. The van der Waals surface area contributed by atoms with Crippen LogP contribution >= 0.6 is 11.6 Å². The third-order valence-electron chi connectivity index (χ3n) is 1.88. The Balaban J connectivity index is 2.49. The molecule has 0 spiro atoms. The maximum atomic E-state index is 5.91. The predicted octanol–water partition coefficient (Wildman–Crippen LogP) is 2.20. The monoisotopic (exact) mass is 221 g/mol. The molecule has 0 aromatic carbocycles. The summed E-state index contributed by atoms with van der Waals surface area (Å²) in [5, 5.41) is 0.354. The Hall–Kier alpha value is -1.68. The normalized spacial score (nSPS) is 10.0. The largest absolute Gasteiger partial charge is 0.495 e. The molecule has 0 aliphatic carbocycles. The van der Waals surface area contributed by atoms with E-state index in [-0.39, 0.29) is 0 Å². The van der Waals surface area contributed by atoms with Gasteiger partial charge in [-0.2, -0.15) is 0 Å². The second-order valence-corrected chi connectivity index (χ2v) is 3.17. The number of methoxy groups -OCH3 is 1. The van der Waals surface area contributed by atoms with Crippen molar-refractivity contribution >= 4 is 11.6 Å². The van der Waals surface area contributed by atoms with Crippen LogP contribution in [0.3, 0.4) is 0 Å². The molecule has 2 aromatic rings. The number of ether oxygens (including phenoxy) is 1. The van der Waals surface area contributed by atoms with Gasteiger partial charge in [-0.15, -0.1) is 0 Å². The lowest BCUT2D eigenvalue weighted by Crippen LogP contribution is -1.90. The molecule has 0 radical (unpaired) electrons. The topological polar surface area (TPSA) is 47.9 Å². The van der Waals surface area contributed by atoms with E-state index in [9.17, 15) is 0 Å². The zero-order valence-corrected chi connectivity index (χ0v) is 8.77. The SMILES string of the molecule is COc1cncc(-c2nccnc2Cl)c1. The van der Waals surface area contributed by atoms with Crippen molar-refractivity contribution in [2.24, 2.45) is 0 Å². The summed E-state index contributed by atoms with van der Waals surface area (Å²) in [6, 6.07) is 1.81. The van der Waals surface area contributed by atoms with Crippen LogP contribution in [0.15, 0.2) is 30.9 Å². The highest BCUT2D eigenvalue weighted by molar-refractivity contribution is 6.31. The Morgan fingerprint density at radius 1 is 1.20 bits per heavy atom. The summed E-state index contributed by atoms with van der Waals surface area (Å²) < 4.78 is 5.06. The molecule has 76 valence electrons. The second-order valence-electron chi connectivity index (χ2n) is 2.81. The third-order valence-corrected chi connectivity index (χ3v) is 2.15. The summed E-state index contributed by atoms with van der Waals surface area (Å²) in [5.74, 6) is 0.661. The zero-order chi connectivity index (χ0) is 10.7. The van der Waals surface area contributed by atoms with Gasteiger partial charge in [0.15, 0.2) is 5.15 Å². The highest BCUT2D eigenvalue weighted by Crippen LogP contribution is 2.25. The highest BCUT2D eigenvalue weighted by atomic mass is 35.5. The van der Waals surface area contributed by atoms with Gasteiger partial charge in [-0.05, 0) is 6.07 Å². The molecule has 2 aromatic heterocycles. The second kappa shape index (κ2) is 4.23. The van der Waals surface area contributed by atoms with E-state index in [1.807, 2.05) is 6.07 Å². The molecule has 2 heterocycles. The van der Waals surface area contributed by atoms with Crippen LogP contribution in [-0.2, 0) is 0 Å². The van der Waals surface area contributed by atoms with Gasteiger partial charge in [-0.1, -0.05) is 11.6 Å². The van der Waals surface area contributed by atoms with Gasteiger partial charge < -0.3 is 4.74 Å². The Kier molecular flexibility index (Phi) is 2.78. The first kappa shape index (κ1) is 9.86. The number of hydrogen-bond acceptors (Lipinski definition) is 4. The lowest BCUT2D eigenvalue weighted by Gasteiger charge is -2.03. The fourth-order valence-electron chi connectivity index (χ4n) is 1.17. The number of pyridine rings is 1. The molecule has 2 rings (SSSR count). The van der Waals surface area contributed by atoms with E-state index >= 15 is 0 Å². The first-order valence-corrected chi connectivity index (χ1v) is 4.65. The third kappa shape index (κ3) is 2.05. The molecule has 5 heteroatoms. The van der Waals surface area contributed by atoms with Crippen molar-refractivity contribution in [2.45, 2.75) is 0 Å². The van der Waals surface area contributed by atoms with Gasteiger partial charge in [0.25, 0.3) is 0 Å². The van der Waals surface area contributed by atoms with E-state index in [4.69, 9.17) is 16.3 Å². The van der Waals surface area contributed by atoms with Crippen molar-refractivity contribution in [2.75, 3.05) is 7.11 Å². The molecule has 4 nitrogen and oxygen atoms in total. The van der Waals surface area contributed by atoms with Crippen LogP contribution in [0.2, 0.25) is 5.15 Å². The summed E-state index contributed by atoms with van der Waals surface area (Å²) in [5.41, 5.74) is 1.39. The number of aromatic nitrogens is 3. The standard InChI is InChI=1S/C10H8ClN3O/c1-15-8-4-7(5-12-6-8)9-10(11)14-3-2-13-9/h2-6H,1H3. The van der Waals surface area contributed by atoms with Gasteiger partial charge in [0.1, 0.15) is 11.4 Å². The van der Waals surface area contributed by atoms with Gasteiger partial charge in [0.2, 0.25) is 0 Å². The summed E-state index contributed by atoms with van der Waals surface area (Å²) >= 11 is 5.91. The molecular formula is C10H8ClN3O. The molecular weight excluding hydrogens is 214 g/mol. The van der Waals surface area contributed by atoms with Crippen molar-refractivity contribution in [3.63, 3.8) is 0 Å². The maximum absolute atomic E-state index is 5.91. The van der Waals surface area contributed by atoms with Gasteiger partial charge in [-0.25, -0.2) is 4.98 Å². The van der Waals surface area contributed by atoms with Gasteiger partial charge in [0.05, 0.1) is 13.3 Å². The maximum Gasteiger partial charge on any atom is 0.155 e. The van der Waals surface area contributed by atoms with Crippen molar-refractivity contribution < 1.29 is 4.74 Å². The van der Waals surface area contributed by atoms with Crippen molar-refractivity contribution in [1.29, 1.82) is 0 Å². The Labute approximate surface area is 91.9 Å². The molecule has 0 saturated heterocycles. The first-order chi connectivity index (χ1) is 7.31. The van der Waals surface area contributed by atoms with Gasteiger partial charge >= 0.3 is 0 Å². The smallest absolute Gasteiger partial charge is 0.155 e. The van der Waals surface area contributed by atoms with E-state index in [1.165, 1.54) is 0 Å². The summed E-state index contributed by atoms with van der Waals surface area (Å²) in [6.45, 7) is 0. The number of halogens is 1. The van der Waals surface area contributed by atoms with Crippen LogP contribution in [0.5, 0.6) is 5.75 Å². The zero-order valence-electron chi connectivity index (χ0n) is 8.01. The number of nitrogens with zero attached hydrogens (tertiary/aromatic N) is 3. The number of rotatable bonds is 2. The van der Waals surface area contributed by atoms with Crippen molar-refractivity contribution in [1.82, 2.24) is 15.0 Å². The molecule has 0 N–H and O–H groups in total. The fourth-order valence-corrected chi connectivity index (χ4v) is 1.39. The summed E-state index contributed by atoms with van der Waals surface area (Å²) in [6.07, 6.45) is 6.41. The Bertz CT molecular complexity index is 476. The van der Waals surface area contributed by atoms with E-state index < -0.39 is 0 Å². The Morgan fingerprint density at radius 3 is 2.73 bits per heavy atom. The van der Waals surface area contributed by atoms with Crippen LogP contribution < -0.4 is 4.74 Å². The lowest BCUT2D eigenvalue weighted by molar-refractivity contribution is 0.413. The number of hydrogen-bond donors (Lipinski definition) is 0. The lowest BCUT2D eigenvalue weighted by atomic mass is 10.2. The summed E-state index contributed by atoms with van der Waals surface area (Å²) in [7, 11) is 1.58. The minimum absolute atomic E-state index is 0.354. The average Bonchev–Trinajstić information content (AvgIpc) is 2.30. The van der Waals surface area contributed by atoms with Crippen LogP contribution in [0.1, 0.15) is 0 Å². The molecule has 0 atom stereocenters. The first-order valence-electron chi connectivity index (χ1n) is 4.27. The minimum Gasteiger partial charge on any atom is -0.495 e. The van der Waals surface area contributed by atoms with Crippen molar-refractivity contribution in [3.8, 4) is 17.0 Å². The van der Waals surface area contributed by atoms with Crippen LogP contribution in [0.4, 0.5) is 0 Å². The van der Waals surface area contributed by atoms with Crippen molar-refractivity contribution in [3.05, 3.63) is 36.0 Å². The fraction of sp³-hybridized carbons (Fsp3) is 0.100. The molecule has 0 saturated carbocycles. The minimum atomic E-state index is 0.354. The van der Waals surface area contributed by atoms with Crippen LogP contribution in [0, 0.1) is 0 Å². The van der Waals surface area contributed by atoms with E-state index in [0.717, 1.165) is 5.56 Å². The quantitative estimate of drug-likeness (QED) is 0.780. The van der Waals surface area contributed by atoms with E-state index in [2.05, 4.69) is 15.0 Å². The molecule has 0 fully saturated rings. The van der Waals surface area contributed by atoms with Crippen LogP contribution in [0.25, 0.3) is 11.3 Å². The molecule has 0 aliphatic heterocycles.